The van der Waals surface area contributed by atoms with E-state index in [4.69, 9.17) is 9.84 Å². The summed E-state index contributed by atoms with van der Waals surface area (Å²) >= 11 is 0. The second-order valence-corrected chi connectivity index (χ2v) is 4.77. The van der Waals surface area contributed by atoms with E-state index >= 15 is 0 Å². The van der Waals surface area contributed by atoms with Gasteiger partial charge in [0.05, 0.1) is 6.61 Å². The van der Waals surface area contributed by atoms with Crippen LogP contribution in [0.25, 0.3) is 0 Å². The van der Waals surface area contributed by atoms with Gasteiger partial charge in [0, 0.05) is 45.2 Å². The van der Waals surface area contributed by atoms with E-state index in [9.17, 15) is 4.79 Å². The summed E-state index contributed by atoms with van der Waals surface area (Å²) in [6.07, 6.45) is 1.80. The standard InChI is InChI=1S/C11H20N2O3/c1-16-5-4-12(10-2-3-10)6-9-7-13(8-9)11(14)15/h9-10H,2-8H2,1H3,(H,14,15). The predicted molar refractivity (Wildman–Crippen MR) is 59.6 cm³/mol. The average Bonchev–Trinajstić information content (AvgIpc) is 2.97. The normalized spacial score (nSPS) is 21.2. The first-order valence-corrected chi connectivity index (χ1v) is 5.91. The van der Waals surface area contributed by atoms with Crippen molar-refractivity contribution in [2.75, 3.05) is 39.9 Å². The van der Waals surface area contributed by atoms with E-state index in [-0.39, 0.29) is 0 Å². The van der Waals surface area contributed by atoms with Crippen LogP contribution in [0.3, 0.4) is 0 Å². The van der Waals surface area contributed by atoms with Gasteiger partial charge in [-0.3, -0.25) is 4.90 Å². The topological polar surface area (TPSA) is 53.0 Å². The molecule has 2 fully saturated rings. The average molecular weight is 228 g/mol. The van der Waals surface area contributed by atoms with Crippen molar-refractivity contribution < 1.29 is 14.6 Å². The lowest BCUT2D eigenvalue weighted by molar-refractivity contribution is 0.0528. The third kappa shape index (κ3) is 2.86. The summed E-state index contributed by atoms with van der Waals surface area (Å²) in [5, 5.41) is 8.74. The van der Waals surface area contributed by atoms with Crippen LogP contribution in [0.5, 0.6) is 0 Å². The maximum Gasteiger partial charge on any atom is 0.407 e. The summed E-state index contributed by atoms with van der Waals surface area (Å²) < 4.78 is 5.10. The van der Waals surface area contributed by atoms with Crippen LogP contribution < -0.4 is 0 Å². The molecule has 92 valence electrons. The molecule has 2 rings (SSSR count). The van der Waals surface area contributed by atoms with Gasteiger partial charge in [-0.15, -0.1) is 0 Å². The predicted octanol–water partition coefficient (Wildman–Crippen LogP) is 0.707. The smallest absolute Gasteiger partial charge is 0.407 e. The molecule has 0 bridgehead atoms. The van der Waals surface area contributed by atoms with Crippen LogP contribution >= 0.6 is 0 Å². The number of ether oxygens (including phenoxy) is 1. The van der Waals surface area contributed by atoms with Crippen LogP contribution in [0.15, 0.2) is 0 Å². The van der Waals surface area contributed by atoms with Crippen molar-refractivity contribution in [2.45, 2.75) is 18.9 Å². The second kappa shape index (κ2) is 5.01. The molecule has 2 aliphatic rings. The van der Waals surface area contributed by atoms with Crippen molar-refractivity contribution in [1.82, 2.24) is 9.80 Å². The third-order valence-electron chi connectivity index (χ3n) is 3.37. The number of methoxy groups -OCH3 is 1. The molecule has 1 aliphatic heterocycles. The van der Waals surface area contributed by atoms with E-state index in [1.165, 1.54) is 17.7 Å². The zero-order valence-electron chi connectivity index (χ0n) is 9.76. The minimum absolute atomic E-state index is 0.522. The molecule has 1 amide bonds. The number of hydrogen-bond acceptors (Lipinski definition) is 3. The molecule has 0 aromatic heterocycles. The summed E-state index contributed by atoms with van der Waals surface area (Å²) in [5.74, 6) is 0.522. The van der Waals surface area contributed by atoms with Gasteiger partial charge in [0.1, 0.15) is 0 Å². The fraction of sp³-hybridized carbons (Fsp3) is 0.909. The molecule has 5 nitrogen and oxygen atoms in total. The number of carboxylic acid groups (broad SMARTS) is 1. The van der Waals surface area contributed by atoms with Crippen molar-refractivity contribution >= 4 is 6.09 Å². The Bertz CT molecular complexity index is 250. The molecule has 1 N–H and O–H groups in total. The Hall–Kier alpha value is -0.810. The van der Waals surface area contributed by atoms with Crippen LogP contribution in [0.2, 0.25) is 0 Å². The Labute approximate surface area is 96.0 Å². The van der Waals surface area contributed by atoms with Gasteiger partial charge in [0.2, 0.25) is 0 Å². The molecular weight excluding hydrogens is 208 g/mol. The van der Waals surface area contributed by atoms with Gasteiger partial charge in [-0.25, -0.2) is 4.79 Å². The van der Waals surface area contributed by atoms with E-state index < -0.39 is 6.09 Å². The lowest BCUT2D eigenvalue weighted by atomic mass is 10.00. The van der Waals surface area contributed by atoms with Gasteiger partial charge in [0.15, 0.2) is 0 Å². The fourth-order valence-corrected chi connectivity index (χ4v) is 2.24. The molecule has 0 unspecified atom stereocenters. The summed E-state index contributed by atoms with van der Waals surface area (Å²) in [4.78, 5) is 14.6. The molecule has 0 aromatic carbocycles. The number of carbonyl (C=O) groups is 1. The third-order valence-corrected chi connectivity index (χ3v) is 3.37. The van der Waals surface area contributed by atoms with E-state index in [2.05, 4.69) is 4.90 Å². The molecule has 16 heavy (non-hydrogen) atoms. The number of amides is 1. The summed E-state index contributed by atoms with van der Waals surface area (Å²) in [6.45, 7) is 4.17. The van der Waals surface area contributed by atoms with Crippen LogP contribution in [0.1, 0.15) is 12.8 Å². The molecule has 0 aromatic rings. The largest absolute Gasteiger partial charge is 0.465 e. The monoisotopic (exact) mass is 228 g/mol. The van der Waals surface area contributed by atoms with E-state index in [1.807, 2.05) is 0 Å². The van der Waals surface area contributed by atoms with Gasteiger partial charge in [-0.1, -0.05) is 0 Å². The highest BCUT2D eigenvalue weighted by atomic mass is 16.5. The van der Waals surface area contributed by atoms with E-state index in [0.29, 0.717) is 19.0 Å². The number of hydrogen-bond donors (Lipinski definition) is 1. The second-order valence-electron chi connectivity index (χ2n) is 4.77. The molecule has 1 saturated carbocycles. The summed E-state index contributed by atoms with van der Waals surface area (Å²) in [5.41, 5.74) is 0. The highest BCUT2D eigenvalue weighted by Gasteiger charge is 2.35. The van der Waals surface area contributed by atoms with Gasteiger partial charge >= 0.3 is 6.09 Å². The van der Waals surface area contributed by atoms with Crippen LogP contribution in [0, 0.1) is 5.92 Å². The van der Waals surface area contributed by atoms with Crippen molar-refractivity contribution in [3.05, 3.63) is 0 Å². The van der Waals surface area contributed by atoms with Crippen LogP contribution in [-0.4, -0.2) is 66.9 Å². The highest BCUT2D eigenvalue weighted by Crippen LogP contribution is 2.28. The molecule has 1 heterocycles. The number of nitrogens with zero attached hydrogens (tertiary/aromatic N) is 2. The molecule has 0 spiro atoms. The summed E-state index contributed by atoms with van der Waals surface area (Å²) in [6, 6.07) is 0.731. The zero-order chi connectivity index (χ0) is 11.5. The zero-order valence-corrected chi connectivity index (χ0v) is 9.76. The van der Waals surface area contributed by atoms with Gasteiger partial charge in [0.25, 0.3) is 0 Å². The van der Waals surface area contributed by atoms with Crippen LogP contribution in [-0.2, 0) is 4.74 Å². The molecule has 0 atom stereocenters. The van der Waals surface area contributed by atoms with Crippen molar-refractivity contribution in [3.8, 4) is 0 Å². The van der Waals surface area contributed by atoms with Crippen molar-refractivity contribution in [1.29, 1.82) is 0 Å². The maximum atomic E-state index is 10.6. The SMILES string of the molecule is COCCN(CC1CN(C(=O)O)C1)C1CC1. The Morgan fingerprint density at radius 1 is 1.50 bits per heavy atom. The van der Waals surface area contributed by atoms with Gasteiger partial charge in [-0.2, -0.15) is 0 Å². The molecule has 1 aliphatic carbocycles. The minimum Gasteiger partial charge on any atom is -0.465 e. The molecule has 0 radical (unpaired) electrons. The Balaban J connectivity index is 1.68. The fourth-order valence-electron chi connectivity index (χ4n) is 2.24. The van der Waals surface area contributed by atoms with Crippen molar-refractivity contribution in [3.63, 3.8) is 0 Å². The minimum atomic E-state index is -0.786. The number of rotatable bonds is 6. The van der Waals surface area contributed by atoms with Crippen LogP contribution in [0.4, 0.5) is 4.79 Å². The van der Waals surface area contributed by atoms with E-state index in [1.54, 1.807) is 7.11 Å². The van der Waals surface area contributed by atoms with Crippen molar-refractivity contribution in [2.24, 2.45) is 5.92 Å². The molecule has 1 saturated heterocycles. The Kier molecular flexibility index (Phi) is 3.66. The molecule has 5 heteroatoms. The molecular formula is C11H20N2O3. The Morgan fingerprint density at radius 2 is 2.19 bits per heavy atom. The van der Waals surface area contributed by atoms with Gasteiger partial charge < -0.3 is 14.7 Å². The lowest BCUT2D eigenvalue weighted by Gasteiger charge is -2.40. The first kappa shape index (κ1) is 11.7. The first-order chi connectivity index (χ1) is 7.70. The van der Waals surface area contributed by atoms with Gasteiger partial charge in [-0.05, 0) is 12.8 Å². The quantitative estimate of drug-likeness (QED) is 0.727. The lowest BCUT2D eigenvalue weighted by Crippen LogP contribution is -2.53. The Morgan fingerprint density at radius 3 is 2.69 bits per heavy atom. The highest BCUT2D eigenvalue weighted by molar-refractivity contribution is 5.66. The maximum absolute atomic E-state index is 10.6. The number of likely N-dealkylation sites (tertiary alicyclic amines) is 1. The first-order valence-electron chi connectivity index (χ1n) is 5.91. The summed E-state index contributed by atoms with van der Waals surface area (Å²) in [7, 11) is 1.72. The van der Waals surface area contributed by atoms with E-state index in [0.717, 1.165) is 25.7 Å².